The van der Waals surface area contributed by atoms with E-state index < -0.39 is 10.0 Å². The van der Waals surface area contributed by atoms with Gasteiger partial charge in [0, 0.05) is 0 Å². The molecule has 0 heterocycles. The van der Waals surface area contributed by atoms with Gasteiger partial charge in [-0.3, -0.25) is 0 Å². The predicted molar refractivity (Wildman–Crippen MR) is 23.1 cm³/mol. The van der Waals surface area contributed by atoms with Crippen LogP contribution in [0.5, 0.6) is 0 Å². The maximum atomic E-state index is 9.72. The number of sulfonamides is 1. The van der Waals surface area contributed by atoms with Gasteiger partial charge in [0.05, 0.1) is 5.75 Å². The molecule has 0 aliphatic rings. The molecule has 0 saturated heterocycles. The van der Waals surface area contributed by atoms with Crippen molar-refractivity contribution in [2.24, 2.45) is 5.14 Å². The van der Waals surface area contributed by atoms with Crippen molar-refractivity contribution in [3.63, 3.8) is 0 Å². The summed E-state index contributed by atoms with van der Waals surface area (Å²) in [7, 11) is -3.29. The summed E-state index contributed by atoms with van der Waals surface area (Å²) in [5.74, 6) is 0.938. The first-order valence-electron chi connectivity index (χ1n) is 1.38. The lowest BCUT2D eigenvalue weighted by Crippen LogP contribution is -2.09. The maximum Gasteiger partial charge on any atom is 0.213 e. The smallest absolute Gasteiger partial charge is 0.213 e. The molecule has 0 rings (SSSR count). The van der Waals surface area contributed by atoms with E-state index in [-0.39, 0.29) is 0 Å². The van der Waals surface area contributed by atoms with Crippen LogP contribution in [0.4, 0.5) is 0 Å². The number of nitrogens with two attached hydrogens (primary N) is 1. The maximum absolute atomic E-state index is 9.72. The van der Waals surface area contributed by atoms with Gasteiger partial charge in [-0.15, -0.1) is 0 Å². The topological polar surface area (TPSA) is 60.2 Å². The SMILES string of the molecule is C[CH]S(N)(=O)=O. The molecule has 0 saturated carbocycles. The molecule has 0 aromatic rings. The number of hydrogen-bond acceptors (Lipinski definition) is 2. The van der Waals surface area contributed by atoms with E-state index in [1.807, 2.05) is 0 Å². The van der Waals surface area contributed by atoms with E-state index in [0.29, 0.717) is 0 Å². The molecule has 1 radical (unpaired) electrons. The van der Waals surface area contributed by atoms with Crippen LogP contribution < -0.4 is 5.14 Å². The third kappa shape index (κ3) is 3.91. The average molecular weight is 108 g/mol. The van der Waals surface area contributed by atoms with Crippen LogP contribution in [0.25, 0.3) is 0 Å². The standard InChI is InChI=1S/C2H6NO2S/c1-2-6(3,4)5/h2H,1H3,(H2,3,4,5). The molecule has 0 aliphatic heterocycles. The minimum absolute atomic E-state index is 0.938. The van der Waals surface area contributed by atoms with Crippen molar-refractivity contribution in [3.05, 3.63) is 5.75 Å². The molecular weight excluding hydrogens is 102 g/mol. The molecular formula is C2H6NO2S. The van der Waals surface area contributed by atoms with Gasteiger partial charge >= 0.3 is 0 Å². The Morgan fingerprint density at radius 3 is 1.83 bits per heavy atom. The van der Waals surface area contributed by atoms with Crippen molar-refractivity contribution in [3.8, 4) is 0 Å². The van der Waals surface area contributed by atoms with E-state index in [9.17, 15) is 8.42 Å². The van der Waals surface area contributed by atoms with Crippen LogP contribution in [-0.4, -0.2) is 8.42 Å². The van der Waals surface area contributed by atoms with E-state index in [2.05, 4.69) is 5.14 Å². The van der Waals surface area contributed by atoms with Crippen LogP contribution in [0.3, 0.4) is 0 Å². The van der Waals surface area contributed by atoms with E-state index in [4.69, 9.17) is 0 Å². The number of hydrogen-bond donors (Lipinski definition) is 1. The normalized spacial score (nSPS) is 11.7. The third-order valence-corrected chi connectivity index (χ3v) is 0.986. The molecule has 2 N–H and O–H groups in total. The lowest BCUT2D eigenvalue weighted by Gasteiger charge is -1.80. The number of rotatable bonds is 1. The van der Waals surface area contributed by atoms with Crippen molar-refractivity contribution < 1.29 is 8.42 Å². The Bertz CT molecular complexity index is 114. The van der Waals surface area contributed by atoms with Gasteiger partial charge < -0.3 is 0 Å². The fraction of sp³-hybridized carbons (Fsp3) is 0.500. The van der Waals surface area contributed by atoms with Crippen LogP contribution in [0.2, 0.25) is 0 Å². The predicted octanol–water partition coefficient (Wildman–Crippen LogP) is -0.543. The summed E-state index contributed by atoms with van der Waals surface area (Å²) in [5, 5.41) is 4.45. The van der Waals surface area contributed by atoms with Crippen LogP contribution >= 0.6 is 0 Å². The highest BCUT2D eigenvalue weighted by molar-refractivity contribution is 7.91. The largest absolute Gasteiger partial charge is 0.228 e. The Hall–Kier alpha value is -0.0900. The van der Waals surface area contributed by atoms with E-state index >= 15 is 0 Å². The molecule has 0 bridgehead atoms. The second-order valence-electron chi connectivity index (χ2n) is 0.825. The van der Waals surface area contributed by atoms with Crippen molar-refractivity contribution >= 4 is 10.0 Å². The molecule has 0 spiro atoms. The van der Waals surface area contributed by atoms with Gasteiger partial charge in [0.1, 0.15) is 0 Å². The van der Waals surface area contributed by atoms with Crippen molar-refractivity contribution in [2.75, 3.05) is 0 Å². The number of primary sulfonamides is 1. The first kappa shape index (κ1) is 5.91. The molecule has 0 unspecified atom stereocenters. The Labute approximate surface area is 37.2 Å². The molecule has 0 amide bonds. The fourth-order valence-electron chi connectivity index (χ4n) is 0. The first-order chi connectivity index (χ1) is 2.56. The quantitative estimate of drug-likeness (QED) is 0.490. The lowest BCUT2D eigenvalue weighted by molar-refractivity contribution is 0.603. The van der Waals surface area contributed by atoms with Crippen LogP contribution in [0.1, 0.15) is 6.92 Å². The molecule has 0 atom stereocenters. The summed E-state index contributed by atoms with van der Waals surface area (Å²) in [5.41, 5.74) is 0. The van der Waals surface area contributed by atoms with Gasteiger partial charge in [-0.1, -0.05) is 0 Å². The Morgan fingerprint density at radius 2 is 1.83 bits per heavy atom. The summed E-state index contributed by atoms with van der Waals surface area (Å²) in [4.78, 5) is 0. The second kappa shape index (κ2) is 1.57. The highest BCUT2D eigenvalue weighted by Crippen LogP contribution is 1.77. The van der Waals surface area contributed by atoms with Gasteiger partial charge in [0.25, 0.3) is 0 Å². The highest BCUT2D eigenvalue weighted by atomic mass is 32.2. The molecule has 37 valence electrons. The van der Waals surface area contributed by atoms with E-state index in [1.54, 1.807) is 0 Å². The zero-order valence-electron chi connectivity index (χ0n) is 3.38. The second-order valence-corrected chi connectivity index (χ2v) is 2.47. The molecule has 0 aliphatic carbocycles. The average Bonchev–Trinajstić information content (AvgIpc) is 1.35. The minimum atomic E-state index is -3.29. The van der Waals surface area contributed by atoms with E-state index in [0.717, 1.165) is 5.75 Å². The van der Waals surface area contributed by atoms with Crippen molar-refractivity contribution in [1.82, 2.24) is 0 Å². The minimum Gasteiger partial charge on any atom is -0.228 e. The molecule has 6 heavy (non-hydrogen) atoms. The summed E-state index contributed by atoms with van der Waals surface area (Å²) in [6, 6.07) is 0. The third-order valence-electron chi connectivity index (χ3n) is 0.329. The molecule has 0 aromatic heterocycles. The Morgan fingerprint density at radius 1 is 1.67 bits per heavy atom. The Balaban J connectivity index is 3.85. The van der Waals surface area contributed by atoms with Crippen LogP contribution in [0.15, 0.2) is 0 Å². The zero-order chi connectivity index (χ0) is 5.21. The summed E-state index contributed by atoms with van der Waals surface area (Å²) in [6.45, 7) is 1.37. The van der Waals surface area contributed by atoms with Gasteiger partial charge in [-0.05, 0) is 6.92 Å². The summed E-state index contributed by atoms with van der Waals surface area (Å²) < 4.78 is 19.4. The summed E-state index contributed by atoms with van der Waals surface area (Å²) >= 11 is 0. The van der Waals surface area contributed by atoms with Gasteiger partial charge in [-0.25, -0.2) is 13.6 Å². The van der Waals surface area contributed by atoms with E-state index in [1.165, 1.54) is 6.92 Å². The monoisotopic (exact) mass is 108 g/mol. The fourth-order valence-corrected chi connectivity index (χ4v) is 0. The van der Waals surface area contributed by atoms with Crippen LogP contribution in [0, 0.1) is 5.75 Å². The van der Waals surface area contributed by atoms with Crippen LogP contribution in [-0.2, 0) is 10.0 Å². The summed E-state index contributed by atoms with van der Waals surface area (Å²) in [6.07, 6.45) is 0. The van der Waals surface area contributed by atoms with Crippen molar-refractivity contribution in [2.45, 2.75) is 6.92 Å². The molecule has 0 aromatic carbocycles. The highest BCUT2D eigenvalue weighted by Gasteiger charge is 1.91. The molecule has 4 heteroatoms. The first-order valence-corrected chi connectivity index (χ1v) is 2.99. The Kier molecular flexibility index (Phi) is 1.55. The lowest BCUT2D eigenvalue weighted by atomic mass is 11.0. The van der Waals surface area contributed by atoms with Gasteiger partial charge in [0.2, 0.25) is 10.0 Å². The van der Waals surface area contributed by atoms with Crippen molar-refractivity contribution in [1.29, 1.82) is 0 Å². The van der Waals surface area contributed by atoms with Gasteiger partial charge in [0.15, 0.2) is 0 Å². The van der Waals surface area contributed by atoms with Gasteiger partial charge in [-0.2, -0.15) is 0 Å². The zero-order valence-corrected chi connectivity index (χ0v) is 4.20. The molecule has 3 nitrogen and oxygen atoms in total. The molecule has 0 fully saturated rings.